The van der Waals surface area contributed by atoms with E-state index < -0.39 is 5.60 Å². The van der Waals surface area contributed by atoms with Crippen LogP contribution >= 0.6 is 23.1 Å². The molecule has 1 aromatic heterocycles. The molecule has 1 atom stereocenters. The Morgan fingerprint density at radius 2 is 2.18 bits per heavy atom. The van der Waals surface area contributed by atoms with Crippen molar-refractivity contribution in [3.63, 3.8) is 0 Å². The summed E-state index contributed by atoms with van der Waals surface area (Å²) in [7, 11) is 3.90. The minimum atomic E-state index is -0.740. The Morgan fingerprint density at radius 3 is 2.71 bits per heavy atom. The fourth-order valence-electron chi connectivity index (χ4n) is 1.16. The van der Waals surface area contributed by atoms with Gasteiger partial charge in [0.05, 0.1) is 5.60 Å². The maximum Gasteiger partial charge on any atom is 0.208 e. The van der Waals surface area contributed by atoms with E-state index in [0.717, 1.165) is 28.1 Å². The van der Waals surface area contributed by atoms with Gasteiger partial charge in [0.25, 0.3) is 0 Å². The average molecular weight is 276 g/mol. The monoisotopic (exact) mass is 276 g/mol. The van der Waals surface area contributed by atoms with Crippen molar-refractivity contribution in [2.24, 2.45) is 5.73 Å². The lowest BCUT2D eigenvalue weighted by Crippen LogP contribution is -2.34. The predicted molar refractivity (Wildman–Crippen MR) is 73.9 cm³/mol. The van der Waals surface area contributed by atoms with E-state index >= 15 is 0 Å². The Hall–Kier alpha value is -0.370. The molecule has 1 rings (SSSR count). The number of nitrogens with zero attached hydrogens (tertiary/aromatic N) is 3. The van der Waals surface area contributed by atoms with E-state index in [-0.39, 0.29) is 0 Å². The Bertz CT molecular complexity index is 341. The maximum absolute atomic E-state index is 9.73. The SMILES string of the molecule is CN(C)c1nnc(SCCCC(C)(O)CN)s1. The molecule has 7 heteroatoms. The third-order valence-electron chi connectivity index (χ3n) is 2.30. The van der Waals surface area contributed by atoms with Crippen molar-refractivity contribution in [2.75, 3.05) is 31.3 Å². The first-order valence-corrected chi connectivity index (χ1v) is 7.31. The van der Waals surface area contributed by atoms with Crippen LogP contribution in [0.1, 0.15) is 19.8 Å². The molecule has 17 heavy (non-hydrogen) atoms. The Kier molecular flexibility index (Phi) is 5.64. The standard InChI is InChI=1S/C10H20N4OS2/c1-10(15,7-11)5-4-6-16-9-13-12-8(17-9)14(2)3/h15H,4-7,11H2,1-3H3. The second kappa shape index (κ2) is 6.53. The normalized spacial score (nSPS) is 14.6. The summed E-state index contributed by atoms with van der Waals surface area (Å²) in [6, 6.07) is 0. The summed E-state index contributed by atoms with van der Waals surface area (Å²) >= 11 is 3.26. The van der Waals surface area contributed by atoms with Crippen LogP contribution in [0, 0.1) is 0 Å². The first-order valence-electron chi connectivity index (χ1n) is 5.51. The van der Waals surface area contributed by atoms with Crippen LogP contribution in [0.3, 0.4) is 0 Å². The molecule has 1 aromatic rings. The first kappa shape index (κ1) is 14.7. The Morgan fingerprint density at radius 1 is 1.47 bits per heavy atom. The van der Waals surface area contributed by atoms with Gasteiger partial charge in [0.1, 0.15) is 0 Å². The number of thioether (sulfide) groups is 1. The lowest BCUT2D eigenvalue weighted by Gasteiger charge is -2.20. The molecule has 0 saturated heterocycles. The number of hydrogen-bond acceptors (Lipinski definition) is 7. The highest BCUT2D eigenvalue weighted by molar-refractivity contribution is 8.01. The molecular formula is C10H20N4OS2. The maximum atomic E-state index is 9.73. The van der Waals surface area contributed by atoms with Gasteiger partial charge in [-0.1, -0.05) is 23.1 Å². The molecule has 3 N–H and O–H groups in total. The summed E-state index contributed by atoms with van der Waals surface area (Å²) in [5.74, 6) is 0.929. The molecule has 0 amide bonds. The van der Waals surface area contributed by atoms with Gasteiger partial charge in [0, 0.05) is 26.4 Å². The number of nitrogens with two attached hydrogens (primary N) is 1. The van der Waals surface area contributed by atoms with Crippen LogP contribution in [0.5, 0.6) is 0 Å². The van der Waals surface area contributed by atoms with Gasteiger partial charge >= 0.3 is 0 Å². The summed E-state index contributed by atoms with van der Waals surface area (Å²) in [4.78, 5) is 1.95. The molecule has 0 bridgehead atoms. The van der Waals surface area contributed by atoms with Crippen LogP contribution in [0.2, 0.25) is 0 Å². The van der Waals surface area contributed by atoms with E-state index in [2.05, 4.69) is 10.2 Å². The quantitative estimate of drug-likeness (QED) is 0.575. The molecular weight excluding hydrogens is 256 g/mol. The van der Waals surface area contributed by atoms with Gasteiger partial charge in [-0.3, -0.25) is 0 Å². The van der Waals surface area contributed by atoms with Gasteiger partial charge in [-0.2, -0.15) is 0 Å². The zero-order valence-corrected chi connectivity index (χ0v) is 12.1. The summed E-state index contributed by atoms with van der Waals surface area (Å²) in [6.07, 6.45) is 1.64. The Labute approximate surface area is 110 Å². The van der Waals surface area contributed by atoms with Gasteiger partial charge < -0.3 is 15.7 Å². The number of aliphatic hydroxyl groups is 1. The van der Waals surface area contributed by atoms with E-state index in [4.69, 9.17) is 5.73 Å². The minimum absolute atomic E-state index is 0.307. The van der Waals surface area contributed by atoms with E-state index in [9.17, 15) is 5.11 Å². The van der Waals surface area contributed by atoms with Crippen molar-refractivity contribution in [2.45, 2.75) is 29.7 Å². The number of anilines is 1. The van der Waals surface area contributed by atoms with Gasteiger partial charge in [0.15, 0.2) is 4.34 Å². The number of hydrogen-bond donors (Lipinski definition) is 2. The second-order valence-corrected chi connectivity index (χ2v) is 6.70. The van der Waals surface area contributed by atoms with Crippen molar-refractivity contribution >= 4 is 28.2 Å². The van der Waals surface area contributed by atoms with Crippen molar-refractivity contribution in [3.05, 3.63) is 0 Å². The highest BCUT2D eigenvalue weighted by Gasteiger charge is 2.17. The van der Waals surface area contributed by atoms with E-state index in [1.54, 1.807) is 30.0 Å². The van der Waals surface area contributed by atoms with Gasteiger partial charge in [0.2, 0.25) is 5.13 Å². The summed E-state index contributed by atoms with van der Waals surface area (Å²) in [5, 5.41) is 18.8. The van der Waals surface area contributed by atoms with Gasteiger partial charge in [-0.15, -0.1) is 10.2 Å². The van der Waals surface area contributed by atoms with Crippen molar-refractivity contribution in [3.8, 4) is 0 Å². The molecule has 0 aromatic carbocycles. The molecule has 0 aliphatic carbocycles. The van der Waals surface area contributed by atoms with Crippen molar-refractivity contribution in [1.82, 2.24) is 10.2 Å². The van der Waals surface area contributed by atoms with Crippen LogP contribution in [0.4, 0.5) is 5.13 Å². The summed E-state index contributed by atoms with van der Waals surface area (Å²) in [6.45, 7) is 2.08. The average Bonchev–Trinajstić information content (AvgIpc) is 2.73. The fourth-order valence-corrected chi connectivity index (χ4v) is 2.93. The smallest absolute Gasteiger partial charge is 0.208 e. The second-order valence-electron chi connectivity index (χ2n) is 4.40. The molecule has 1 heterocycles. The van der Waals surface area contributed by atoms with E-state index in [0.29, 0.717) is 6.54 Å². The van der Waals surface area contributed by atoms with Crippen LogP contribution in [-0.2, 0) is 0 Å². The number of aromatic nitrogens is 2. The van der Waals surface area contributed by atoms with E-state index in [1.807, 2.05) is 19.0 Å². The fraction of sp³-hybridized carbons (Fsp3) is 0.800. The molecule has 5 nitrogen and oxygen atoms in total. The van der Waals surface area contributed by atoms with Gasteiger partial charge in [-0.05, 0) is 19.8 Å². The lowest BCUT2D eigenvalue weighted by molar-refractivity contribution is 0.0596. The first-order chi connectivity index (χ1) is 7.94. The molecule has 0 saturated carbocycles. The largest absolute Gasteiger partial charge is 0.389 e. The minimum Gasteiger partial charge on any atom is -0.389 e. The topological polar surface area (TPSA) is 75.3 Å². The van der Waals surface area contributed by atoms with Gasteiger partial charge in [-0.25, -0.2) is 0 Å². The third kappa shape index (κ3) is 5.20. The lowest BCUT2D eigenvalue weighted by atomic mass is 10.0. The highest BCUT2D eigenvalue weighted by Crippen LogP contribution is 2.27. The zero-order valence-electron chi connectivity index (χ0n) is 10.5. The molecule has 98 valence electrons. The molecule has 0 aliphatic rings. The van der Waals surface area contributed by atoms with Crippen LogP contribution < -0.4 is 10.6 Å². The molecule has 0 spiro atoms. The highest BCUT2D eigenvalue weighted by atomic mass is 32.2. The van der Waals surface area contributed by atoms with Crippen LogP contribution in [0.25, 0.3) is 0 Å². The van der Waals surface area contributed by atoms with Crippen LogP contribution in [0.15, 0.2) is 4.34 Å². The van der Waals surface area contributed by atoms with E-state index in [1.165, 1.54) is 0 Å². The van der Waals surface area contributed by atoms with Crippen molar-refractivity contribution in [1.29, 1.82) is 0 Å². The summed E-state index contributed by atoms with van der Waals surface area (Å²) < 4.78 is 0.973. The Balaban J connectivity index is 2.26. The van der Waals surface area contributed by atoms with Crippen LogP contribution in [-0.4, -0.2) is 47.3 Å². The predicted octanol–water partition coefficient (Wildman–Crippen LogP) is 1.19. The molecule has 1 unspecified atom stereocenters. The molecule has 0 fully saturated rings. The zero-order chi connectivity index (χ0) is 12.9. The third-order valence-corrected chi connectivity index (χ3v) is 4.61. The van der Waals surface area contributed by atoms with Crippen molar-refractivity contribution < 1.29 is 5.11 Å². The molecule has 0 aliphatic heterocycles. The molecule has 0 radical (unpaired) electrons. The number of rotatable bonds is 7. The summed E-state index contributed by atoms with van der Waals surface area (Å²) in [5.41, 5.74) is 4.71.